The number of aromatic nitrogens is 1. The predicted octanol–water partition coefficient (Wildman–Crippen LogP) is 4.24. The zero-order valence-corrected chi connectivity index (χ0v) is 14.1. The Balaban J connectivity index is 2.15. The number of rotatable bonds is 4. The molecule has 1 aliphatic carbocycles. The number of nitrogens with zero attached hydrogens (tertiary/aromatic N) is 2. The highest BCUT2D eigenvalue weighted by molar-refractivity contribution is 6.27. The average molecular weight is 334 g/mol. The molecule has 0 unspecified atom stereocenters. The van der Waals surface area contributed by atoms with Crippen LogP contribution in [0, 0.1) is 0 Å². The predicted molar refractivity (Wildman–Crippen MR) is 96.9 cm³/mol. The van der Waals surface area contributed by atoms with Crippen molar-refractivity contribution in [2.45, 2.75) is 13.8 Å². The Bertz CT molecular complexity index is 990. The fraction of sp³-hybridized carbons (Fsp3) is 0.200. The number of fused-ring (bicyclic) bond motifs is 2. The van der Waals surface area contributed by atoms with Gasteiger partial charge in [-0.05, 0) is 43.0 Å². The molecule has 4 rings (SSSR count). The van der Waals surface area contributed by atoms with Gasteiger partial charge in [-0.25, -0.2) is 0 Å². The number of pyridine rings is 1. The second-order valence-electron chi connectivity index (χ2n) is 5.69. The maximum Gasteiger partial charge on any atom is 0.169 e. The maximum atomic E-state index is 9.68. The first kappa shape index (κ1) is 15.4. The van der Waals surface area contributed by atoms with Gasteiger partial charge in [0.15, 0.2) is 11.5 Å². The molecule has 0 fully saturated rings. The zero-order valence-electron chi connectivity index (χ0n) is 14.1. The third kappa shape index (κ3) is 2.23. The molecule has 3 aromatic rings. The minimum absolute atomic E-state index is 0.448. The van der Waals surface area contributed by atoms with E-state index in [9.17, 15) is 5.21 Å². The summed E-state index contributed by atoms with van der Waals surface area (Å²) in [6.07, 6.45) is 1.73. The van der Waals surface area contributed by atoms with Crippen molar-refractivity contribution >= 4 is 16.5 Å². The molecule has 25 heavy (non-hydrogen) atoms. The van der Waals surface area contributed by atoms with Crippen LogP contribution in [0.25, 0.3) is 21.9 Å². The van der Waals surface area contributed by atoms with Gasteiger partial charge >= 0.3 is 0 Å². The van der Waals surface area contributed by atoms with E-state index in [-0.39, 0.29) is 0 Å². The lowest BCUT2D eigenvalue weighted by molar-refractivity contribution is 0.288. The molecular formula is C20H18N2O3. The first-order chi connectivity index (χ1) is 12.3. The summed E-state index contributed by atoms with van der Waals surface area (Å²) < 4.78 is 11.7. The average Bonchev–Trinajstić information content (AvgIpc) is 2.64. The van der Waals surface area contributed by atoms with Crippen LogP contribution in [-0.2, 0) is 0 Å². The lowest BCUT2D eigenvalue weighted by Gasteiger charge is -2.24. The fourth-order valence-corrected chi connectivity index (χ4v) is 3.43. The third-order valence-electron chi connectivity index (χ3n) is 4.35. The molecule has 0 saturated heterocycles. The molecule has 1 N–H and O–H groups in total. The quantitative estimate of drug-likeness (QED) is 0.448. The van der Waals surface area contributed by atoms with E-state index < -0.39 is 0 Å². The van der Waals surface area contributed by atoms with E-state index in [0.717, 1.165) is 27.5 Å². The third-order valence-corrected chi connectivity index (χ3v) is 4.35. The second kappa shape index (κ2) is 6.09. The van der Waals surface area contributed by atoms with Crippen LogP contribution < -0.4 is 9.47 Å². The summed E-state index contributed by atoms with van der Waals surface area (Å²) in [6, 6.07) is 11.8. The Labute approximate surface area is 145 Å². The molecule has 0 bridgehead atoms. The van der Waals surface area contributed by atoms with Gasteiger partial charge in [0.1, 0.15) is 11.4 Å². The summed E-state index contributed by atoms with van der Waals surface area (Å²) in [5, 5.41) is 15.2. The van der Waals surface area contributed by atoms with Gasteiger partial charge in [-0.3, -0.25) is 4.98 Å². The van der Waals surface area contributed by atoms with Gasteiger partial charge in [-0.2, -0.15) is 0 Å². The number of oxime groups is 1. The van der Waals surface area contributed by atoms with Crippen LogP contribution in [-0.4, -0.2) is 29.1 Å². The normalized spacial score (nSPS) is 13.8. The van der Waals surface area contributed by atoms with Gasteiger partial charge in [0.05, 0.1) is 13.2 Å². The summed E-state index contributed by atoms with van der Waals surface area (Å²) in [5.74, 6) is 1.36. The lowest BCUT2D eigenvalue weighted by atomic mass is 9.84. The second-order valence-corrected chi connectivity index (χ2v) is 5.69. The maximum absolute atomic E-state index is 9.68. The molecule has 0 atom stereocenters. The molecule has 0 spiro atoms. The summed E-state index contributed by atoms with van der Waals surface area (Å²) in [6.45, 7) is 4.94. The van der Waals surface area contributed by atoms with Gasteiger partial charge < -0.3 is 14.7 Å². The first-order valence-electron chi connectivity index (χ1n) is 8.33. The number of hydrogen-bond acceptors (Lipinski definition) is 5. The van der Waals surface area contributed by atoms with Crippen molar-refractivity contribution in [2.24, 2.45) is 5.16 Å². The molecule has 0 radical (unpaired) electrons. The highest BCUT2D eigenvalue weighted by Crippen LogP contribution is 2.47. The summed E-state index contributed by atoms with van der Waals surface area (Å²) in [7, 11) is 0. The van der Waals surface area contributed by atoms with E-state index >= 15 is 0 Å². The van der Waals surface area contributed by atoms with Gasteiger partial charge in [0.2, 0.25) is 0 Å². The highest BCUT2D eigenvalue weighted by atomic mass is 16.5. The van der Waals surface area contributed by atoms with Crippen molar-refractivity contribution in [3.05, 3.63) is 53.9 Å². The topological polar surface area (TPSA) is 63.9 Å². The Kier molecular flexibility index (Phi) is 3.76. The lowest BCUT2D eigenvalue weighted by Crippen LogP contribution is -2.15. The molecule has 5 heteroatoms. The minimum atomic E-state index is 0.448. The van der Waals surface area contributed by atoms with E-state index in [1.54, 1.807) is 6.20 Å². The summed E-state index contributed by atoms with van der Waals surface area (Å²) in [5.41, 5.74) is 3.80. The van der Waals surface area contributed by atoms with Crippen molar-refractivity contribution in [1.29, 1.82) is 0 Å². The molecule has 0 amide bonds. The Morgan fingerprint density at radius 3 is 2.60 bits per heavy atom. The Morgan fingerprint density at radius 1 is 1.00 bits per heavy atom. The molecular weight excluding hydrogens is 316 g/mol. The molecule has 0 saturated carbocycles. The van der Waals surface area contributed by atoms with E-state index in [1.807, 2.05) is 50.2 Å². The molecule has 0 aliphatic heterocycles. The number of hydrogen-bond donors (Lipinski definition) is 1. The molecule has 1 aromatic heterocycles. The summed E-state index contributed by atoms with van der Waals surface area (Å²) >= 11 is 0. The zero-order chi connectivity index (χ0) is 17.4. The van der Waals surface area contributed by atoms with Gasteiger partial charge in [-0.15, -0.1) is 0 Å². The van der Waals surface area contributed by atoms with Crippen LogP contribution >= 0.6 is 0 Å². The Hall–Kier alpha value is -3.08. The van der Waals surface area contributed by atoms with Crippen LogP contribution in [0.4, 0.5) is 0 Å². The fourth-order valence-electron chi connectivity index (χ4n) is 3.43. The first-order valence-corrected chi connectivity index (χ1v) is 8.33. The van der Waals surface area contributed by atoms with Crippen LogP contribution in [0.1, 0.15) is 25.1 Å². The van der Waals surface area contributed by atoms with Crippen LogP contribution in [0.3, 0.4) is 0 Å². The Morgan fingerprint density at radius 2 is 1.84 bits per heavy atom. The largest absolute Gasteiger partial charge is 0.490 e. The smallest absolute Gasteiger partial charge is 0.169 e. The van der Waals surface area contributed by atoms with E-state index in [2.05, 4.69) is 10.1 Å². The van der Waals surface area contributed by atoms with Crippen LogP contribution in [0.5, 0.6) is 11.5 Å². The van der Waals surface area contributed by atoms with Crippen LogP contribution in [0.15, 0.2) is 47.8 Å². The van der Waals surface area contributed by atoms with Crippen molar-refractivity contribution < 1.29 is 14.7 Å². The van der Waals surface area contributed by atoms with Gasteiger partial charge in [-0.1, -0.05) is 23.4 Å². The van der Waals surface area contributed by atoms with Crippen molar-refractivity contribution in [2.75, 3.05) is 13.2 Å². The van der Waals surface area contributed by atoms with E-state index in [0.29, 0.717) is 36.1 Å². The monoisotopic (exact) mass is 334 g/mol. The number of ether oxygens (including phenoxy) is 2. The highest BCUT2D eigenvalue weighted by Gasteiger charge is 2.29. The van der Waals surface area contributed by atoms with E-state index in [1.165, 1.54) is 0 Å². The van der Waals surface area contributed by atoms with Crippen LogP contribution in [0.2, 0.25) is 0 Å². The standard InChI is InChI=1S/C20H18N2O3/c1-3-24-15-9-8-14-17(20(15)25-4-2)13-7-5-6-12-10-11-21-19(16(12)13)18(14)22-23/h5-11,23H,3-4H2,1-2H3/b22-18-. The van der Waals surface area contributed by atoms with E-state index in [4.69, 9.17) is 9.47 Å². The molecule has 1 heterocycles. The van der Waals surface area contributed by atoms with Gasteiger partial charge in [0.25, 0.3) is 0 Å². The van der Waals surface area contributed by atoms with Crippen molar-refractivity contribution in [3.63, 3.8) is 0 Å². The minimum Gasteiger partial charge on any atom is -0.490 e. The summed E-state index contributed by atoms with van der Waals surface area (Å²) in [4.78, 5) is 4.46. The SMILES string of the molecule is CCOc1ccc2c(c1OCC)-c1cccc3ccnc(c13)/C2=N\O. The van der Waals surface area contributed by atoms with Gasteiger partial charge in [0, 0.05) is 22.7 Å². The molecule has 126 valence electrons. The molecule has 2 aromatic carbocycles. The molecule has 5 nitrogen and oxygen atoms in total. The van der Waals surface area contributed by atoms with Crippen molar-refractivity contribution in [3.8, 4) is 22.6 Å². The number of benzene rings is 2. The van der Waals surface area contributed by atoms with Crippen molar-refractivity contribution in [1.82, 2.24) is 4.98 Å². The molecule has 1 aliphatic rings.